The van der Waals surface area contributed by atoms with E-state index in [4.69, 9.17) is 0 Å². The van der Waals surface area contributed by atoms with Crippen molar-refractivity contribution in [3.63, 3.8) is 0 Å². The molecule has 1 aromatic heterocycles. The van der Waals surface area contributed by atoms with Gasteiger partial charge in [0.25, 0.3) is 0 Å². The number of sulfone groups is 1. The molecule has 1 aromatic carbocycles. The Balaban J connectivity index is 1.70. The van der Waals surface area contributed by atoms with E-state index in [1.807, 2.05) is 31.4 Å². The first-order valence-electron chi connectivity index (χ1n) is 8.97. The van der Waals surface area contributed by atoms with Gasteiger partial charge in [-0.05, 0) is 51.0 Å². The maximum Gasteiger partial charge on any atom is 0.174 e. The van der Waals surface area contributed by atoms with Crippen molar-refractivity contribution in [2.75, 3.05) is 17.3 Å². The van der Waals surface area contributed by atoms with Crippen molar-refractivity contribution in [2.24, 2.45) is 0 Å². The van der Waals surface area contributed by atoms with Crippen LogP contribution in [-0.4, -0.2) is 36.0 Å². The number of Topliss-reactive ketones (excluding diaryl/α,β-unsaturated/α-hetero) is 1. The van der Waals surface area contributed by atoms with Crippen LogP contribution >= 0.6 is 11.8 Å². The minimum Gasteiger partial charge on any atom is -0.344 e. The van der Waals surface area contributed by atoms with E-state index in [1.54, 1.807) is 12.1 Å². The molecule has 2 aromatic rings. The van der Waals surface area contributed by atoms with E-state index in [1.165, 1.54) is 23.9 Å². The van der Waals surface area contributed by atoms with Crippen LogP contribution in [0.3, 0.4) is 0 Å². The number of aryl methyl sites for hydroxylation is 1. The second-order valence-electron chi connectivity index (χ2n) is 7.14. The Morgan fingerprint density at radius 3 is 2.56 bits per heavy atom. The van der Waals surface area contributed by atoms with Crippen LogP contribution in [0.15, 0.2) is 30.3 Å². The van der Waals surface area contributed by atoms with Gasteiger partial charge >= 0.3 is 0 Å². The summed E-state index contributed by atoms with van der Waals surface area (Å²) in [5.41, 5.74) is 3.41. The summed E-state index contributed by atoms with van der Waals surface area (Å²) in [7, 11) is -2.98. The van der Waals surface area contributed by atoms with Gasteiger partial charge in [0.15, 0.2) is 15.6 Å². The van der Waals surface area contributed by atoms with Gasteiger partial charge in [0.2, 0.25) is 0 Å². The summed E-state index contributed by atoms with van der Waals surface area (Å²) in [4.78, 5) is 12.8. The summed E-state index contributed by atoms with van der Waals surface area (Å²) < 4.78 is 38.7. The van der Waals surface area contributed by atoms with Gasteiger partial charge in [0.1, 0.15) is 5.82 Å². The van der Waals surface area contributed by atoms with Crippen molar-refractivity contribution in [3.8, 4) is 0 Å². The fraction of sp³-hybridized carbons (Fsp3) is 0.450. The lowest BCUT2D eigenvalue weighted by molar-refractivity contribution is 0.102. The highest BCUT2D eigenvalue weighted by Crippen LogP contribution is 2.32. The first kappa shape index (κ1) is 20.1. The topological polar surface area (TPSA) is 56.1 Å². The van der Waals surface area contributed by atoms with E-state index in [2.05, 4.69) is 0 Å². The zero-order valence-electron chi connectivity index (χ0n) is 15.7. The summed E-state index contributed by atoms with van der Waals surface area (Å²) >= 11 is 1.52. The molecule has 0 saturated carbocycles. The van der Waals surface area contributed by atoms with Crippen molar-refractivity contribution >= 4 is 27.4 Å². The number of rotatable bonds is 6. The largest absolute Gasteiger partial charge is 0.344 e. The number of aromatic nitrogens is 1. The van der Waals surface area contributed by atoms with Crippen LogP contribution < -0.4 is 0 Å². The molecular weight excluding hydrogens is 385 g/mol. The van der Waals surface area contributed by atoms with E-state index in [9.17, 15) is 17.6 Å². The number of hydrogen-bond acceptors (Lipinski definition) is 4. The molecule has 0 N–H and O–H groups in total. The summed E-state index contributed by atoms with van der Waals surface area (Å²) in [6, 6.07) is 8.12. The summed E-state index contributed by atoms with van der Waals surface area (Å²) in [6.45, 7) is 5.81. The molecule has 2 heterocycles. The van der Waals surface area contributed by atoms with Crippen LogP contribution in [0.5, 0.6) is 0 Å². The van der Waals surface area contributed by atoms with Gasteiger partial charge in [-0.15, -0.1) is 11.8 Å². The first-order valence-corrected chi connectivity index (χ1v) is 11.8. The third-order valence-corrected chi connectivity index (χ3v) is 8.11. The molecule has 0 aliphatic carbocycles. The average Bonchev–Trinajstić information content (AvgIpc) is 3.11. The predicted octanol–water partition coefficient (Wildman–Crippen LogP) is 4.28. The fourth-order valence-electron chi connectivity index (χ4n) is 3.71. The van der Waals surface area contributed by atoms with Crippen molar-refractivity contribution in [1.29, 1.82) is 0 Å². The van der Waals surface area contributed by atoms with Crippen molar-refractivity contribution in [1.82, 2.24) is 4.57 Å². The van der Waals surface area contributed by atoms with E-state index in [0.29, 0.717) is 17.7 Å². The number of thioether (sulfide) groups is 1. The Kier molecular flexibility index (Phi) is 5.82. The summed E-state index contributed by atoms with van der Waals surface area (Å²) in [6.07, 6.45) is 0.600. The van der Waals surface area contributed by atoms with Crippen molar-refractivity contribution in [2.45, 2.75) is 38.5 Å². The number of ketones is 1. The Morgan fingerprint density at radius 2 is 1.96 bits per heavy atom. The minimum absolute atomic E-state index is 0.0363. The van der Waals surface area contributed by atoms with Gasteiger partial charge in [-0.2, -0.15) is 0 Å². The Hall–Kier alpha value is -1.60. The number of benzene rings is 1. The SMILES string of the molecule is Cc1cc(C(=O)CSC(C)c2ccc(F)cc2)c(C)n1C1CCS(=O)(=O)C1. The lowest BCUT2D eigenvalue weighted by atomic mass is 10.1. The molecule has 0 radical (unpaired) electrons. The van der Waals surface area contributed by atoms with Gasteiger partial charge in [0.05, 0.1) is 17.3 Å². The number of hydrogen-bond donors (Lipinski definition) is 0. The van der Waals surface area contributed by atoms with Crippen LogP contribution in [0.4, 0.5) is 4.39 Å². The number of nitrogens with zero attached hydrogens (tertiary/aromatic N) is 1. The maximum absolute atomic E-state index is 13.0. The van der Waals surface area contributed by atoms with Crippen LogP contribution in [0, 0.1) is 19.7 Å². The van der Waals surface area contributed by atoms with E-state index >= 15 is 0 Å². The molecule has 0 bridgehead atoms. The van der Waals surface area contributed by atoms with Crippen LogP contribution in [-0.2, 0) is 9.84 Å². The lowest BCUT2D eigenvalue weighted by Crippen LogP contribution is -2.14. The Labute approximate surface area is 164 Å². The zero-order chi connectivity index (χ0) is 19.8. The fourth-order valence-corrected chi connectivity index (χ4v) is 6.32. The van der Waals surface area contributed by atoms with Crippen molar-refractivity contribution in [3.05, 3.63) is 58.7 Å². The summed E-state index contributed by atoms with van der Waals surface area (Å²) in [5.74, 6) is 0.449. The van der Waals surface area contributed by atoms with Crippen LogP contribution in [0.2, 0.25) is 0 Å². The highest BCUT2D eigenvalue weighted by Gasteiger charge is 2.31. The molecule has 0 spiro atoms. The molecule has 2 unspecified atom stereocenters. The van der Waals surface area contributed by atoms with E-state index in [-0.39, 0.29) is 34.4 Å². The molecule has 4 nitrogen and oxygen atoms in total. The van der Waals surface area contributed by atoms with E-state index < -0.39 is 9.84 Å². The van der Waals surface area contributed by atoms with Gasteiger partial charge in [-0.25, -0.2) is 12.8 Å². The maximum atomic E-state index is 13.0. The summed E-state index contributed by atoms with van der Waals surface area (Å²) in [5, 5.41) is 0.0815. The monoisotopic (exact) mass is 409 g/mol. The van der Waals surface area contributed by atoms with Crippen LogP contribution in [0.1, 0.15) is 51.9 Å². The standard InChI is InChI=1S/C20H24FNO3S2/c1-13-10-19(14(2)22(13)18-8-9-27(24,25)12-18)20(23)11-26-15(3)16-4-6-17(21)7-5-16/h4-7,10,15,18H,8-9,11-12H2,1-3H3. The molecule has 0 amide bonds. The van der Waals surface area contributed by atoms with Gasteiger partial charge in [0, 0.05) is 28.2 Å². The second-order valence-corrected chi connectivity index (χ2v) is 10.7. The van der Waals surface area contributed by atoms with Gasteiger partial charge in [-0.3, -0.25) is 4.79 Å². The molecule has 2 atom stereocenters. The minimum atomic E-state index is -2.98. The molecule has 1 fully saturated rings. The molecular formula is C20H24FNO3S2. The molecule has 1 aliphatic heterocycles. The zero-order valence-corrected chi connectivity index (χ0v) is 17.4. The normalized spacial score (nSPS) is 19.9. The highest BCUT2D eigenvalue weighted by molar-refractivity contribution is 8.00. The van der Waals surface area contributed by atoms with Gasteiger partial charge < -0.3 is 4.57 Å². The average molecular weight is 410 g/mol. The first-order chi connectivity index (χ1) is 12.7. The van der Waals surface area contributed by atoms with E-state index in [0.717, 1.165) is 17.0 Å². The number of halogens is 1. The Bertz CT molecular complexity index is 948. The second kappa shape index (κ2) is 7.80. The number of carbonyl (C=O) groups is 1. The molecule has 3 rings (SSSR count). The molecule has 7 heteroatoms. The molecule has 146 valence electrons. The third kappa shape index (κ3) is 4.46. The predicted molar refractivity (Wildman–Crippen MR) is 108 cm³/mol. The molecule has 27 heavy (non-hydrogen) atoms. The quantitative estimate of drug-likeness (QED) is 0.668. The Morgan fingerprint density at radius 1 is 1.30 bits per heavy atom. The van der Waals surface area contributed by atoms with Gasteiger partial charge in [-0.1, -0.05) is 12.1 Å². The number of carbonyl (C=O) groups excluding carboxylic acids is 1. The van der Waals surface area contributed by atoms with Crippen LogP contribution in [0.25, 0.3) is 0 Å². The van der Waals surface area contributed by atoms with Crippen molar-refractivity contribution < 1.29 is 17.6 Å². The smallest absolute Gasteiger partial charge is 0.174 e. The lowest BCUT2D eigenvalue weighted by Gasteiger charge is -2.16. The molecule has 1 saturated heterocycles. The highest BCUT2D eigenvalue weighted by atomic mass is 32.2. The third-order valence-electron chi connectivity index (χ3n) is 5.16. The molecule has 1 aliphatic rings.